The summed E-state index contributed by atoms with van der Waals surface area (Å²) in [6, 6.07) is 18.5. The number of halogens is 1. The van der Waals surface area contributed by atoms with Gasteiger partial charge in [0.2, 0.25) is 0 Å². The molecule has 1 unspecified atom stereocenters. The number of hydrogen-bond donors (Lipinski definition) is 2. The van der Waals surface area contributed by atoms with E-state index in [0.29, 0.717) is 6.42 Å². The first-order valence-corrected chi connectivity index (χ1v) is 7.97. The summed E-state index contributed by atoms with van der Waals surface area (Å²) < 4.78 is 5.19. The van der Waals surface area contributed by atoms with Crippen LogP contribution in [0.25, 0.3) is 0 Å². The van der Waals surface area contributed by atoms with Crippen molar-refractivity contribution in [2.24, 2.45) is 0 Å². The number of alkyl halides is 1. The molecule has 0 saturated heterocycles. The fourth-order valence-corrected chi connectivity index (χ4v) is 2.39. The van der Waals surface area contributed by atoms with E-state index in [9.17, 15) is 9.90 Å². The van der Waals surface area contributed by atoms with Gasteiger partial charge in [-0.15, -0.1) is 11.6 Å². The average Bonchev–Trinajstić information content (AvgIpc) is 2.60. The summed E-state index contributed by atoms with van der Waals surface area (Å²) in [5.74, 6) is 0.0382. The minimum absolute atomic E-state index is 0.0382. The third-order valence-electron chi connectivity index (χ3n) is 3.44. The van der Waals surface area contributed by atoms with Crippen LogP contribution >= 0.6 is 11.6 Å². The molecule has 0 aliphatic heterocycles. The minimum Gasteiger partial charge on any atom is -0.445 e. The second-order valence-electron chi connectivity index (χ2n) is 5.22. The van der Waals surface area contributed by atoms with Crippen LogP contribution < -0.4 is 5.32 Å². The Morgan fingerprint density at radius 1 is 1.04 bits per heavy atom. The monoisotopic (exact) mass is 333 g/mol. The first kappa shape index (κ1) is 17.3. The van der Waals surface area contributed by atoms with Gasteiger partial charge >= 0.3 is 6.09 Å². The fourth-order valence-electron chi connectivity index (χ4n) is 2.17. The van der Waals surface area contributed by atoms with Crippen LogP contribution in [0.15, 0.2) is 60.7 Å². The molecule has 0 heterocycles. The van der Waals surface area contributed by atoms with E-state index in [4.69, 9.17) is 16.3 Å². The van der Waals surface area contributed by atoms with Gasteiger partial charge in [0.15, 0.2) is 0 Å². The Kier molecular flexibility index (Phi) is 6.91. The standard InChI is InChI=1S/C18H20ClNO3/c19-12-17(21)16(11-14-7-3-1-4-8-14)20-18(22)23-13-15-9-5-2-6-10-15/h1-10,16-17,21H,11-13H2,(H,20,22)/t16-,17?/m1/s1. The maximum absolute atomic E-state index is 11.9. The van der Waals surface area contributed by atoms with Crippen LogP contribution in [-0.2, 0) is 17.8 Å². The molecule has 0 aromatic heterocycles. The Hall–Kier alpha value is -2.04. The number of nitrogens with one attached hydrogen (secondary N) is 1. The van der Waals surface area contributed by atoms with E-state index >= 15 is 0 Å². The van der Waals surface area contributed by atoms with Crippen LogP contribution in [0.5, 0.6) is 0 Å². The Morgan fingerprint density at radius 2 is 1.61 bits per heavy atom. The van der Waals surface area contributed by atoms with Crippen molar-refractivity contribution in [1.29, 1.82) is 0 Å². The zero-order valence-corrected chi connectivity index (χ0v) is 13.4. The Labute approximate surface area is 141 Å². The molecule has 23 heavy (non-hydrogen) atoms. The number of carbonyl (C=O) groups excluding carboxylic acids is 1. The molecule has 0 aliphatic rings. The Bertz CT molecular complexity index is 592. The molecule has 0 saturated carbocycles. The predicted octanol–water partition coefficient (Wildman–Crippen LogP) is 3.12. The lowest BCUT2D eigenvalue weighted by Gasteiger charge is -2.22. The molecule has 0 fully saturated rings. The van der Waals surface area contributed by atoms with Crippen molar-refractivity contribution >= 4 is 17.7 Å². The number of carbonyl (C=O) groups is 1. The lowest BCUT2D eigenvalue weighted by atomic mass is 10.0. The number of aliphatic hydroxyl groups excluding tert-OH is 1. The molecule has 0 bridgehead atoms. The predicted molar refractivity (Wildman–Crippen MR) is 90.4 cm³/mol. The molecule has 2 atom stereocenters. The van der Waals surface area contributed by atoms with E-state index in [1.54, 1.807) is 0 Å². The summed E-state index contributed by atoms with van der Waals surface area (Å²) in [6.07, 6.45) is -0.935. The highest BCUT2D eigenvalue weighted by Gasteiger charge is 2.21. The minimum atomic E-state index is -0.846. The second-order valence-corrected chi connectivity index (χ2v) is 5.53. The SMILES string of the molecule is O=C(N[C@H](Cc1ccccc1)C(O)CCl)OCc1ccccc1. The van der Waals surface area contributed by atoms with Crippen molar-refractivity contribution in [1.82, 2.24) is 5.32 Å². The Balaban J connectivity index is 1.90. The van der Waals surface area contributed by atoms with Crippen LogP contribution in [0.3, 0.4) is 0 Å². The molecule has 2 rings (SSSR count). The highest BCUT2D eigenvalue weighted by Crippen LogP contribution is 2.08. The summed E-state index contributed by atoms with van der Waals surface area (Å²) in [5, 5.41) is 12.7. The summed E-state index contributed by atoms with van der Waals surface area (Å²) in [5.41, 5.74) is 1.91. The van der Waals surface area contributed by atoms with Gasteiger partial charge in [0.05, 0.1) is 18.0 Å². The Morgan fingerprint density at radius 3 is 2.17 bits per heavy atom. The zero-order valence-electron chi connectivity index (χ0n) is 12.7. The summed E-state index contributed by atoms with van der Waals surface area (Å²) in [6.45, 7) is 0.182. The van der Waals surface area contributed by atoms with Gasteiger partial charge in [-0.2, -0.15) is 0 Å². The second kappa shape index (κ2) is 9.18. The lowest BCUT2D eigenvalue weighted by molar-refractivity contribution is 0.110. The van der Waals surface area contributed by atoms with E-state index in [1.807, 2.05) is 60.7 Å². The van der Waals surface area contributed by atoms with Crippen LogP contribution in [0.1, 0.15) is 11.1 Å². The van der Waals surface area contributed by atoms with E-state index in [2.05, 4.69) is 5.32 Å². The highest BCUT2D eigenvalue weighted by molar-refractivity contribution is 6.18. The number of benzene rings is 2. The number of alkyl carbamates (subject to hydrolysis) is 1. The number of aliphatic hydroxyl groups is 1. The smallest absolute Gasteiger partial charge is 0.407 e. The van der Waals surface area contributed by atoms with Crippen LogP contribution in [0.4, 0.5) is 4.79 Å². The summed E-state index contributed by atoms with van der Waals surface area (Å²) in [4.78, 5) is 11.9. The number of amides is 1. The van der Waals surface area contributed by atoms with Crippen LogP contribution in [0, 0.1) is 0 Å². The largest absolute Gasteiger partial charge is 0.445 e. The van der Waals surface area contributed by atoms with E-state index < -0.39 is 18.2 Å². The highest BCUT2D eigenvalue weighted by atomic mass is 35.5. The van der Waals surface area contributed by atoms with E-state index in [0.717, 1.165) is 11.1 Å². The summed E-state index contributed by atoms with van der Waals surface area (Å²) in [7, 11) is 0. The maximum Gasteiger partial charge on any atom is 0.407 e. The molecule has 2 N–H and O–H groups in total. The van der Waals surface area contributed by atoms with Crippen molar-refractivity contribution < 1.29 is 14.6 Å². The molecule has 1 amide bonds. The topological polar surface area (TPSA) is 58.6 Å². The zero-order chi connectivity index (χ0) is 16.5. The first-order chi connectivity index (χ1) is 11.2. The molecular formula is C18H20ClNO3. The molecule has 5 heteroatoms. The van der Waals surface area contributed by atoms with Gasteiger partial charge in [-0.1, -0.05) is 60.7 Å². The van der Waals surface area contributed by atoms with Gasteiger partial charge < -0.3 is 15.2 Å². The molecular weight excluding hydrogens is 314 g/mol. The van der Waals surface area contributed by atoms with Crippen LogP contribution in [0.2, 0.25) is 0 Å². The van der Waals surface area contributed by atoms with Crippen molar-refractivity contribution in [3.8, 4) is 0 Å². The van der Waals surface area contributed by atoms with Crippen LogP contribution in [-0.4, -0.2) is 29.2 Å². The van der Waals surface area contributed by atoms with Gasteiger partial charge in [0.25, 0.3) is 0 Å². The number of hydrogen-bond acceptors (Lipinski definition) is 3. The molecule has 0 radical (unpaired) electrons. The van der Waals surface area contributed by atoms with Crippen molar-refractivity contribution in [2.75, 3.05) is 5.88 Å². The van der Waals surface area contributed by atoms with Crippen molar-refractivity contribution in [3.63, 3.8) is 0 Å². The normalized spacial score (nSPS) is 13.1. The van der Waals surface area contributed by atoms with Crippen molar-refractivity contribution in [3.05, 3.63) is 71.8 Å². The molecule has 0 spiro atoms. The van der Waals surface area contributed by atoms with E-state index in [-0.39, 0.29) is 12.5 Å². The molecule has 122 valence electrons. The van der Waals surface area contributed by atoms with Gasteiger partial charge in [-0.05, 0) is 17.5 Å². The fraction of sp³-hybridized carbons (Fsp3) is 0.278. The maximum atomic E-state index is 11.9. The quantitative estimate of drug-likeness (QED) is 0.765. The molecule has 2 aromatic rings. The van der Waals surface area contributed by atoms with Gasteiger partial charge in [-0.3, -0.25) is 0 Å². The molecule has 2 aromatic carbocycles. The van der Waals surface area contributed by atoms with E-state index in [1.165, 1.54) is 0 Å². The number of rotatable bonds is 7. The third kappa shape index (κ3) is 5.93. The van der Waals surface area contributed by atoms with Gasteiger partial charge in [0.1, 0.15) is 6.61 Å². The van der Waals surface area contributed by atoms with Gasteiger partial charge in [0, 0.05) is 0 Å². The summed E-state index contributed by atoms with van der Waals surface area (Å²) >= 11 is 5.73. The molecule has 0 aliphatic carbocycles. The first-order valence-electron chi connectivity index (χ1n) is 7.44. The average molecular weight is 334 g/mol. The lowest BCUT2D eigenvalue weighted by Crippen LogP contribution is -2.45. The van der Waals surface area contributed by atoms with Crippen molar-refractivity contribution in [2.45, 2.75) is 25.2 Å². The molecule has 4 nitrogen and oxygen atoms in total. The van der Waals surface area contributed by atoms with Gasteiger partial charge in [-0.25, -0.2) is 4.79 Å². The number of ether oxygens (including phenoxy) is 1. The third-order valence-corrected chi connectivity index (χ3v) is 3.75.